The van der Waals surface area contributed by atoms with Crippen molar-refractivity contribution in [3.05, 3.63) is 47.7 Å². The predicted molar refractivity (Wildman–Crippen MR) is 66.2 cm³/mol. The van der Waals surface area contributed by atoms with E-state index in [1.165, 1.54) is 13.2 Å². The van der Waals surface area contributed by atoms with Crippen LogP contribution in [0.25, 0.3) is 11.3 Å². The van der Waals surface area contributed by atoms with Gasteiger partial charge in [-0.25, -0.2) is 4.98 Å². The Balaban J connectivity index is 2.48. The number of pyridine rings is 1. The number of benzene rings is 1. The molecule has 0 aliphatic rings. The lowest BCUT2D eigenvalue weighted by Gasteiger charge is -2.11. The van der Waals surface area contributed by atoms with E-state index in [1.54, 1.807) is 0 Å². The number of hydrogen-bond donors (Lipinski definition) is 0. The first-order valence-electron chi connectivity index (χ1n) is 5.92. The fraction of sp³-hybridized carbons (Fsp3) is 0.214. The smallest absolute Gasteiger partial charge is 0.433 e. The maximum absolute atomic E-state index is 12.8. The van der Waals surface area contributed by atoms with E-state index in [1.807, 2.05) is 0 Å². The van der Waals surface area contributed by atoms with Crippen molar-refractivity contribution in [1.82, 2.24) is 4.98 Å². The van der Waals surface area contributed by atoms with Crippen LogP contribution in [0.3, 0.4) is 0 Å². The minimum atomic E-state index is -4.69. The van der Waals surface area contributed by atoms with Crippen molar-refractivity contribution >= 4 is 0 Å². The maximum Gasteiger partial charge on any atom is 0.433 e. The number of nitrogens with zero attached hydrogens (tertiary/aromatic N) is 1. The van der Waals surface area contributed by atoms with Gasteiger partial charge >= 0.3 is 12.4 Å². The molecule has 0 bridgehead atoms. The molecule has 8 heteroatoms. The highest BCUT2D eigenvalue weighted by molar-refractivity contribution is 5.61. The average Bonchev–Trinajstić information content (AvgIpc) is 2.45. The summed E-state index contributed by atoms with van der Waals surface area (Å²) in [5.41, 5.74) is -2.07. The van der Waals surface area contributed by atoms with Crippen molar-refractivity contribution in [2.75, 3.05) is 7.11 Å². The Kier molecular flexibility index (Phi) is 4.04. The first-order valence-corrected chi connectivity index (χ1v) is 5.92. The van der Waals surface area contributed by atoms with Crippen LogP contribution in [-0.2, 0) is 12.4 Å². The third-order valence-corrected chi connectivity index (χ3v) is 2.83. The lowest BCUT2D eigenvalue weighted by atomic mass is 10.1. The molecule has 0 spiro atoms. The summed E-state index contributed by atoms with van der Waals surface area (Å²) in [5, 5.41) is 0. The van der Waals surface area contributed by atoms with Crippen molar-refractivity contribution < 1.29 is 31.1 Å². The van der Waals surface area contributed by atoms with Gasteiger partial charge in [0.1, 0.15) is 11.4 Å². The maximum atomic E-state index is 12.8. The van der Waals surface area contributed by atoms with E-state index in [9.17, 15) is 26.3 Å². The number of hydrogen-bond acceptors (Lipinski definition) is 2. The third kappa shape index (κ3) is 3.49. The number of methoxy groups -OCH3 is 1. The molecule has 0 aliphatic heterocycles. The molecule has 2 rings (SSSR count). The van der Waals surface area contributed by atoms with E-state index in [-0.39, 0.29) is 17.0 Å². The van der Waals surface area contributed by atoms with E-state index >= 15 is 0 Å². The zero-order valence-electron chi connectivity index (χ0n) is 11.1. The van der Waals surface area contributed by atoms with Crippen LogP contribution in [-0.4, -0.2) is 12.1 Å². The molecule has 0 radical (unpaired) electrons. The largest absolute Gasteiger partial charge is 0.497 e. The second kappa shape index (κ2) is 5.51. The predicted octanol–water partition coefficient (Wildman–Crippen LogP) is 4.79. The van der Waals surface area contributed by atoms with Crippen LogP contribution >= 0.6 is 0 Å². The Hall–Kier alpha value is -2.25. The quantitative estimate of drug-likeness (QED) is 0.742. The SMILES string of the molecule is COc1cc(-c2ccc(C(F)(F)F)cc2)nc(C(F)(F)F)c1. The first-order chi connectivity index (χ1) is 10.1. The topological polar surface area (TPSA) is 22.1 Å². The lowest BCUT2D eigenvalue weighted by molar-refractivity contribution is -0.141. The highest BCUT2D eigenvalue weighted by Crippen LogP contribution is 2.34. The molecule has 2 nitrogen and oxygen atoms in total. The molecular formula is C14H9F6NO. The Morgan fingerprint density at radius 1 is 0.864 bits per heavy atom. The molecule has 1 aromatic carbocycles. The van der Waals surface area contributed by atoms with Crippen molar-refractivity contribution in [3.8, 4) is 17.0 Å². The van der Waals surface area contributed by atoms with Gasteiger partial charge in [0.05, 0.1) is 18.4 Å². The summed E-state index contributed by atoms with van der Waals surface area (Å²) in [6, 6.07) is 5.62. The average molecular weight is 321 g/mol. The van der Waals surface area contributed by atoms with Crippen LogP contribution in [0.5, 0.6) is 5.75 Å². The normalized spacial score (nSPS) is 12.3. The van der Waals surface area contributed by atoms with Crippen molar-refractivity contribution in [3.63, 3.8) is 0 Å². The zero-order valence-corrected chi connectivity index (χ0v) is 11.1. The van der Waals surface area contributed by atoms with Crippen LogP contribution in [0.15, 0.2) is 36.4 Å². The number of ether oxygens (including phenoxy) is 1. The zero-order chi connectivity index (χ0) is 16.5. The molecule has 0 aliphatic carbocycles. The van der Waals surface area contributed by atoms with Gasteiger partial charge in [0.2, 0.25) is 0 Å². The van der Waals surface area contributed by atoms with Gasteiger partial charge in [0.15, 0.2) is 0 Å². The standard InChI is InChI=1S/C14H9F6NO/c1-22-10-6-11(21-12(7-10)14(18,19)20)8-2-4-9(5-3-8)13(15,16)17/h2-7H,1H3. The second-order valence-electron chi connectivity index (χ2n) is 4.35. The monoisotopic (exact) mass is 321 g/mol. The molecule has 1 heterocycles. The highest BCUT2D eigenvalue weighted by atomic mass is 19.4. The fourth-order valence-electron chi connectivity index (χ4n) is 1.75. The molecule has 22 heavy (non-hydrogen) atoms. The second-order valence-corrected chi connectivity index (χ2v) is 4.35. The number of rotatable bonds is 2. The van der Waals surface area contributed by atoms with Crippen molar-refractivity contribution in [2.45, 2.75) is 12.4 Å². The van der Waals surface area contributed by atoms with E-state index < -0.39 is 23.6 Å². The van der Waals surface area contributed by atoms with Gasteiger partial charge in [0.25, 0.3) is 0 Å². The molecule has 0 N–H and O–H groups in total. The van der Waals surface area contributed by atoms with E-state index in [0.717, 1.165) is 24.3 Å². The van der Waals surface area contributed by atoms with Gasteiger partial charge in [-0.1, -0.05) is 12.1 Å². The van der Waals surface area contributed by atoms with Gasteiger partial charge in [-0.15, -0.1) is 0 Å². The molecule has 0 saturated carbocycles. The molecule has 0 fully saturated rings. The summed E-state index contributed by atoms with van der Waals surface area (Å²) in [6.45, 7) is 0. The highest BCUT2D eigenvalue weighted by Gasteiger charge is 2.34. The van der Waals surface area contributed by atoms with Crippen LogP contribution in [0.4, 0.5) is 26.3 Å². The summed E-state index contributed by atoms with van der Waals surface area (Å²) in [4.78, 5) is 3.43. The Morgan fingerprint density at radius 3 is 1.91 bits per heavy atom. The lowest BCUT2D eigenvalue weighted by Crippen LogP contribution is -2.09. The Bertz CT molecular complexity index is 661. The van der Waals surface area contributed by atoms with E-state index in [0.29, 0.717) is 6.07 Å². The van der Waals surface area contributed by atoms with Gasteiger partial charge < -0.3 is 4.74 Å². The first kappa shape index (κ1) is 16.1. The number of halogens is 6. The summed E-state index contributed by atoms with van der Waals surface area (Å²) in [7, 11) is 1.19. The molecule has 0 unspecified atom stereocenters. The van der Waals surface area contributed by atoms with Crippen LogP contribution in [0.2, 0.25) is 0 Å². The number of alkyl halides is 6. The summed E-state index contributed by atoms with van der Waals surface area (Å²) >= 11 is 0. The van der Waals surface area contributed by atoms with Gasteiger partial charge in [-0.3, -0.25) is 0 Å². The molecule has 0 saturated heterocycles. The Morgan fingerprint density at radius 2 is 1.45 bits per heavy atom. The van der Waals surface area contributed by atoms with E-state index in [2.05, 4.69) is 4.98 Å². The Labute approximate surface area is 121 Å². The minimum absolute atomic E-state index is 0.0859. The molecule has 2 aromatic rings. The van der Waals surface area contributed by atoms with Crippen molar-refractivity contribution in [1.29, 1.82) is 0 Å². The number of aromatic nitrogens is 1. The minimum Gasteiger partial charge on any atom is -0.497 e. The van der Waals surface area contributed by atoms with Crippen LogP contribution < -0.4 is 4.74 Å². The molecular weight excluding hydrogens is 312 g/mol. The summed E-state index contributed by atoms with van der Waals surface area (Å²) in [5.74, 6) is -0.0859. The van der Waals surface area contributed by atoms with Gasteiger partial charge in [-0.2, -0.15) is 26.3 Å². The summed E-state index contributed by atoms with van der Waals surface area (Å²) < 4.78 is 80.5. The molecule has 0 atom stereocenters. The van der Waals surface area contributed by atoms with Gasteiger partial charge in [0, 0.05) is 17.7 Å². The van der Waals surface area contributed by atoms with Crippen molar-refractivity contribution in [2.24, 2.45) is 0 Å². The summed E-state index contributed by atoms with van der Waals surface area (Å²) in [6.07, 6.45) is -9.20. The van der Waals surface area contributed by atoms with Crippen LogP contribution in [0, 0.1) is 0 Å². The third-order valence-electron chi connectivity index (χ3n) is 2.83. The van der Waals surface area contributed by atoms with E-state index in [4.69, 9.17) is 4.74 Å². The molecule has 118 valence electrons. The molecule has 1 aromatic heterocycles. The fourth-order valence-corrected chi connectivity index (χ4v) is 1.75. The van der Waals surface area contributed by atoms with Gasteiger partial charge in [-0.05, 0) is 12.1 Å². The molecule has 0 amide bonds. The van der Waals surface area contributed by atoms with Crippen LogP contribution in [0.1, 0.15) is 11.3 Å².